The molecular formula is C10H7BrClNO. The zero-order valence-electron chi connectivity index (χ0n) is 7.26. The van der Waals surface area contributed by atoms with Gasteiger partial charge in [0.05, 0.1) is 5.56 Å². The highest BCUT2D eigenvalue weighted by Gasteiger charge is 2.03. The zero-order valence-corrected chi connectivity index (χ0v) is 9.60. The summed E-state index contributed by atoms with van der Waals surface area (Å²) in [6.07, 6.45) is 0. The van der Waals surface area contributed by atoms with E-state index in [0.29, 0.717) is 16.3 Å². The van der Waals surface area contributed by atoms with Gasteiger partial charge in [0.1, 0.15) is 18.4 Å². The molecule has 1 rings (SSSR count). The molecule has 1 aromatic carbocycles. The quantitative estimate of drug-likeness (QED) is 0.844. The van der Waals surface area contributed by atoms with E-state index in [9.17, 15) is 0 Å². The molecule has 4 heteroatoms. The van der Waals surface area contributed by atoms with Crippen molar-refractivity contribution >= 4 is 27.5 Å². The molecule has 72 valence electrons. The third-order valence-corrected chi connectivity index (χ3v) is 2.05. The lowest BCUT2D eigenvalue weighted by molar-refractivity contribution is 0.358. The molecule has 0 aliphatic carbocycles. The molecule has 2 nitrogen and oxygen atoms in total. The molecule has 0 aromatic heterocycles. The Balaban J connectivity index is 2.87. The highest BCUT2D eigenvalue weighted by atomic mass is 79.9. The SMILES string of the molecule is C=C(Cl)COc1ccc(Br)cc1C#N. The van der Waals surface area contributed by atoms with E-state index < -0.39 is 0 Å². The highest BCUT2D eigenvalue weighted by Crippen LogP contribution is 2.22. The van der Waals surface area contributed by atoms with E-state index in [1.165, 1.54) is 0 Å². The Hall–Kier alpha value is -0.980. The van der Waals surface area contributed by atoms with Gasteiger partial charge in [-0.2, -0.15) is 5.26 Å². The van der Waals surface area contributed by atoms with Crippen molar-refractivity contribution in [3.05, 3.63) is 39.8 Å². The molecule has 0 heterocycles. The molecule has 0 unspecified atom stereocenters. The second kappa shape index (κ2) is 5.04. The first-order chi connectivity index (χ1) is 6.63. The fourth-order valence-electron chi connectivity index (χ4n) is 0.872. The molecule has 14 heavy (non-hydrogen) atoms. The van der Waals surface area contributed by atoms with Gasteiger partial charge < -0.3 is 4.74 Å². The van der Waals surface area contributed by atoms with Crippen LogP contribution in [0.3, 0.4) is 0 Å². The summed E-state index contributed by atoms with van der Waals surface area (Å²) in [5.74, 6) is 0.512. The van der Waals surface area contributed by atoms with Crippen LogP contribution in [0.5, 0.6) is 5.75 Å². The minimum atomic E-state index is 0.206. The van der Waals surface area contributed by atoms with Crippen molar-refractivity contribution < 1.29 is 4.74 Å². The first-order valence-electron chi connectivity index (χ1n) is 3.79. The van der Waals surface area contributed by atoms with Crippen LogP contribution >= 0.6 is 27.5 Å². The molecule has 0 radical (unpaired) electrons. The second-order valence-electron chi connectivity index (χ2n) is 2.56. The summed E-state index contributed by atoms with van der Waals surface area (Å²) in [4.78, 5) is 0. The maximum Gasteiger partial charge on any atom is 0.137 e. The number of hydrogen-bond donors (Lipinski definition) is 0. The summed E-state index contributed by atoms with van der Waals surface area (Å²) in [5, 5.41) is 9.20. The Kier molecular flexibility index (Phi) is 3.99. The van der Waals surface area contributed by atoms with E-state index in [1.807, 2.05) is 6.07 Å². The molecule has 0 saturated carbocycles. The van der Waals surface area contributed by atoms with Gasteiger partial charge in [-0.05, 0) is 18.2 Å². The largest absolute Gasteiger partial charge is 0.487 e. The molecule has 0 amide bonds. The number of rotatable bonds is 3. The number of hydrogen-bond acceptors (Lipinski definition) is 2. The van der Waals surface area contributed by atoms with Crippen LogP contribution in [0, 0.1) is 11.3 Å². The normalized spacial score (nSPS) is 9.21. The van der Waals surface area contributed by atoms with Crippen molar-refractivity contribution in [1.29, 1.82) is 5.26 Å². The molecule has 0 bridgehead atoms. The van der Waals surface area contributed by atoms with Crippen LogP contribution in [0.25, 0.3) is 0 Å². The van der Waals surface area contributed by atoms with Gasteiger partial charge in [-0.25, -0.2) is 0 Å². The van der Waals surface area contributed by atoms with E-state index in [4.69, 9.17) is 21.6 Å². The van der Waals surface area contributed by atoms with Crippen LogP contribution in [-0.2, 0) is 0 Å². The minimum Gasteiger partial charge on any atom is -0.487 e. The van der Waals surface area contributed by atoms with Crippen molar-refractivity contribution in [2.45, 2.75) is 0 Å². The summed E-state index contributed by atoms with van der Waals surface area (Å²) < 4.78 is 6.11. The third-order valence-electron chi connectivity index (χ3n) is 1.45. The molecule has 0 saturated heterocycles. The van der Waals surface area contributed by atoms with Crippen molar-refractivity contribution in [2.75, 3.05) is 6.61 Å². The fourth-order valence-corrected chi connectivity index (χ4v) is 1.29. The maximum atomic E-state index is 8.80. The number of halogens is 2. The van der Waals surface area contributed by atoms with E-state index in [2.05, 4.69) is 22.5 Å². The topological polar surface area (TPSA) is 33.0 Å². The summed E-state index contributed by atoms with van der Waals surface area (Å²) in [6.45, 7) is 3.70. The minimum absolute atomic E-state index is 0.206. The van der Waals surface area contributed by atoms with Crippen LogP contribution in [0.2, 0.25) is 0 Å². The Morgan fingerprint density at radius 2 is 2.36 bits per heavy atom. The van der Waals surface area contributed by atoms with Crippen molar-refractivity contribution in [1.82, 2.24) is 0 Å². The Morgan fingerprint density at radius 1 is 1.64 bits per heavy atom. The van der Waals surface area contributed by atoms with Crippen LogP contribution in [-0.4, -0.2) is 6.61 Å². The number of ether oxygens (including phenoxy) is 1. The molecule has 1 aromatic rings. The molecule has 0 N–H and O–H groups in total. The summed E-state index contributed by atoms with van der Waals surface area (Å²) in [7, 11) is 0. The summed E-state index contributed by atoms with van der Waals surface area (Å²) in [5.41, 5.74) is 0.470. The average molecular weight is 273 g/mol. The van der Waals surface area contributed by atoms with E-state index in [0.717, 1.165) is 4.47 Å². The monoisotopic (exact) mass is 271 g/mol. The van der Waals surface area contributed by atoms with Gasteiger partial charge in [-0.1, -0.05) is 34.1 Å². The fraction of sp³-hybridized carbons (Fsp3) is 0.100. The lowest BCUT2D eigenvalue weighted by Crippen LogP contribution is -1.98. The van der Waals surface area contributed by atoms with Gasteiger partial charge in [-0.3, -0.25) is 0 Å². The Morgan fingerprint density at radius 3 is 2.93 bits per heavy atom. The molecule has 0 atom stereocenters. The Labute approximate surface area is 95.9 Å². The third kappa shape index (κ3) is 3.06. The molecular weight excluding hydrogens is 265 g/mol. The molecule has 0 aliphatic heterocycles. The van der Waals surface area contributed by atoms with Crippen LogP contribution in [0.4, 0.5) is 0 Å². The smallest absolute Gasteiger partial charge is 0.137 e. The van der Waals surface area contributed by atoms with Crippen molar-refractivity contribution in [2.24, 2.45) is 0 Å². The number of benzene rings is 1. The maximum absolute atomic E-state index is 8.80. The first-order valence-corrected chi connectivity index (χ1v) is 4.96. The predicted molar refractivity (Wildman–Crippen MR) is 59.3 cm³/mol. The van der Waals surface area contributed by atoms with Crippen molar-refractivity contribution in [3.8, 4) is 11.8 Å². The molecule has 0 spiro atoms. The van der Waals surface area contributed by atoms with Gasteiger partial charge in [0.25, 0.3) is 0 Å². The van der Waals surface area contributed by atoms with Crippen molar-refractivity contribution in [3.63, 3.8) is 0 Å². The lowest BCUT2D eigenvalue weighted by Gasteiger charge is -2.06. The van der Waals surface area contributed by atoms with E-state index in [1.54, 1.807) is 18.2 Å². The van der Waals surface area contributed by atoms with Crippen LogP contribution < -0.4 is 4.74 Å². The van der Waals surface area contributed by atoms with Gasteiger partial charge in [-0.15, -0.1) is 0 Å². The molecule has 0 fully saturated rings. The van der Waals surface area contributed by atoms with Crippen LogP contribution in [0.15, 0.2) is 34.3 Å². The van der Waals surface area contributed by atoms with Gasteiger partial charge in [0.15, 0.2) is 0 Å². The highest BCUT2D eigenvalue weighted by molar-refractivity contribution is 9.10. The van der Waals surface area contributed by atoms with Gasteiger partial charge in [0, 0.05) is 9.51 Å². The number of nitrogens with zero attached hydrogens (tertiary/aromatic N) is 1. The molecule has 0 aliphatic rings. The Bertz CT molecular complexity index is 398. The van der Waals surface area contributed by atoms with Gasteiger partial charge >= 0.3 is 0 Å². The van der Waals surface area contributed by atoms with Gasteiger partial charge in [0.2, 0.25) is 0 Å². The second-order valence-corrected chi connectivity index (χ2v) is 4.01. The van der Waals surface area contributed by atoms with E-state index >= 15 is 0 Å². The summed E-state index contributed by atoms with van der Waals surface area (Å²) in [6, 6.07) is 7.23. The zero-order chi connectivity index (χ0) is 10.6. The summed E-state index contributed by atoms with van der Waals surface area (Å²) >= 11 is 8.81. The predicted octanol–water partition coefficient (Wildman–Crippen LogP) is 3.45. The first kappa shape index (κ1) is 11.1. The van der Waals surface area contributed by atoms with E-state index in [-0.39, 0.29) is 6.61 Å². The standard InChI is InChI=1S/C10H7BrClNO/c1-7(12)6-14-10-3-2-9(11)4-8(10)5-13/h2-4H,1,6H2. The van der Waals surface area contributed by atoms with Crippen LogP contribution in [0.1, 0.15) is 5.56 Å². The lowest BCUT2D eigenvalue weighted by atomic mass is 10.2. The average Bonchev–Trinajstić information content (AvgIpc) is 2.15. The number of nitriles is 1.